The number of phenolic OH excluding ortho intramolecular Hbond substituents is 1. The Bertz CT molecular complexity index is 399. The van der Waals surface area contributed by atoms with E-state index in [0.717, 1.165) is 6.07 Å². The molecule has 0 aromatic heterocycles. The number of phenols is 1. The summed E-state index contributed by atoms with van der Waals surface area (Å²) in [5, 5.41) is 11.5. The molecule has 4 N–H and O–H groups in total. The molecule has 1 aromatic carbocycles. The lowest BCUT2D eigenvalue weighted by molar-refractivity contribution is -0.117. The Balaban J connectivity index is 2.67. The van der Waals surface area contributed by atoms with Gasteiger partial charge in [0, 0.05) is 23.7 Å². The summed E-state index contributed by atoms with van der Waals surface area (Å²) in [6, 6.07) is 3.65. The van der Waals surface area contributed by atoms with Crippen molar-refractivity contribution in [2.75, 3.05) is 5.32 Å². The fraction of sp³-hybridized carbons (Fsp3) is 0.364. The molecule has 4 nitrogen and oxygen atoms in total. The molecule has 88 valence electrons. The number of carbonyl (C=O) groups excluding carboxylic acids is 1. The first kappa shape index (κ1) is 12.4. The molecule has 0 spiro atoms. The maximum Gasteiger partial charge on any atom is 0.226 e. The Hall–Kier alpha value is -1.62. The molecule has 0 saturated heterocycles. The monoisotopic (exact) mass is 226 g/mol. The van der Waals surface area contributed by atoms with Crippen LogP contribution >= 0.6 is 0 Å². The number of hydrogen-bond acceptors (Lipinski definition) is 3. The van der Waals surface area contributed by atoms with Crippen molar-refractivity contribution in [3.8, 4) is 5.75 Å². The van der Waals surface area contributed by atoms with Crippen LogP contribution in [-0.4, -0.2) is 16.6 Å². The van der Waals surface area contributed by atoms with E-state index in [0.29, 0.717) is 5.69 Å². The van der Waals surface area contributed by atoms with Crippen LogP contribution in [0.4, 0.5) is 10.1 Å². The van der Waals surface area contributed by atoms with Crippen molar-refractivity contribution in [2.45, 2.75) is 25.8 Å². The van der Waals surface area contributed by atoms with Gasteiger partial charge in [0.25, 0.3) is 0 Å². The largest absolute Gasteiger partial charge is 0.505 e. The van der Waals surface area contributed by atoms with Crippen LogP contribution in [0, 0.1) is 5.82 Å². The fourth-order valence-electron chi connectivity index (χ4n) is 1.20. The summed E-state index contributed by atoms with van der Waals surface area (Å²) in [6.45, 7) is 3.45. The highest BCUT2D eigenvalue weighted by Crippen LogP contribution is 2.19. The Kier molecular flexibility index (Phi) is 3.49. The number of rotatable bonds is 3. The first-order valence-corrected chi connectivity index (χ1v) is 4.85. The van der Waals surface area contributed by atoms with Crippen molar-refractivity contribution in [3.63, 3.8) is 0 Å². The predicted octanol–water partition coefficient (Wildman–Crippen LogP) is 1.60. The lowest BCUT2D eigenvalue weighted by Crippen LogP contribution is -2.36. The van der Waals surface area contributed by atoms with Crippen LogP contribution in [-0.2, 0) is 4.79 Å². The van der Waals surface area contributed by atoms with Crippen LogP contribution in [0.15, 0.2) is 18.2 Å². The van der Waals surface area contributed by atoms with Gasteiger partial charge in [0.1, 0.15) is 0 Å². The smallest absolute Gasteiger partial charge is 0.226 e. The van der Waals surface area contributed by atoms with Gasteiger partial charge in [-0.3, -0.25) is 4.79 Å². The highest BCUT2D eigenvalue weighted by atomic mass is 19.1. The van der Waals surface area contributed by atoms with E-state index in [9.17, 15) is 9.18 Å². The Morgan fingerprint density at radius 1 is 1.56 bits per heavy atom. The summed E-state index contributed by atoms with van der Waals surface area (Å²) in [5.41, 5.74) is 5.35. The maximum absolute atomic E-state index is 12.9. The third-order valence-electron chi connectivity index (χ3n) is 1.85. The normalized spacial score (nSPS) is 11.2. The van der Waals surface area contributed by atoms with E-state index in [-0.39, 0.29) is 12.3 Å². The van der Waals surface area contributed by atoms with Crippen molar-refractivity contribution in [1.82, 2.24) is 0 Å². The minimum Gasteiger partial charge on any atom is -0.505 e. The van der Waals surface area contributed by atoms with Gasteiger partial charge in [-0.15, -0.1) is 0 Å². The Morgan fingerprint density at radius 3 is 2.69 bits per heavy atom. The number of halogens is 1. The zero-order valence-corrected chi connectivity index (χ0v) is 9.25. The molecule has 1 amide bonds. The second kappa shape index (κ2) is 4.49. The van der Waals surface area contributed by atoms with E-state index >= 15 is 0 Å². The minimum absolute atomic E-state index is 0.134. The molecule has 0 atom stereocenters. The topological polar surface area (TPSA) is 75.4 Å². The highest BCUT2D eigenvalue weighted by Gasteiger charge is 2.16. The molecule has 0 aliphatic heterocycles. The number of nitrogens with two attached hydrogens (primary N) is 1. The number of carbonyl (C=O) groups is 1. The molecule has 0 unspecified atom stereocenters. The zero-order chi connectivity index (χ0) is 12.3. The second-order valence-corrected chi connectivity index (χ2v) is 4.38. The van der Waals surface area contributed by atoms with Crippen LogP contribution < -0.4 is 11.1 Å². The lowest BCUT2D eigenvalue weighted by atomic mass is 10.0. The number of nitrogens with one attached hydrogen (secondary N) is 1. The fourth-order valence-corrected chi connectivity index (χ4v) is 1.20. The predicted molar refractivity (Wildman–Crippen MR) is 59.6 cm³/mol. The number of amides is 1. The molecular weight excluding hydrogens is 211 g/mol. The first-order chi connectivity index (χ1) is 7.28. The number of aromatic hydroxyl groups is 1. The summed E-state index contributed by atoms with van der Waals surface area (Å²) >= 11 is 0. The molecule has 0 heterocycles. The van der Waals surface area contributed by atoms with Crippen molar-refractivity contribution in [2.24, 2.45) is 5.73 Å². The van der Waals surface area contributed by atoms with Gasteiger partial charge in [0.2, 0.25) is 5.91 Å². The molecule has 16 heavy (non-hydrogen) atoms. The average Bonchev–Trinajstić information content (AvgIpc) is 2.08. The Labute approximate surface area is 93.3 Å². The van der Waals surface area contributed by atoms with E-state index in [2.05, 4.69) is 5.32 Å². The van der Waals surface area contributed by atoms with Gasteiger partial charge < -0.3 is 16.2 Å². The maximum atomic E-state index is 12.9. The van der Waals surface area contributed by atoms with E-state index in [4.69, 9.17) is 10.8 Å². The van der Waals surface area contributed by atoms with Gasteiger partial charge in [-0.05, 0) is 26.0 Å². The van der Waals surface area contributed by atoms with Gasteiger partial charge >= 0.3 is 0 Å². The van der Waals surface area contributed by atoms with E-state index in [1.807, 2.05) is 0 Å². The van der Waals surface area contributed by atoms with Crippen LogP contribution in [0.25, 0.3) is 0 Å². The van der Waals surface area contributed by atoms with Crippen LogP contribution in [0.5, 0.6) is 5.75 Å². The number of anilines is 1. The first-order valence-electron chi connectivity index (χ1n) is 4.85. The highest BCUT2D eigenvalue weighted by molar-refractivity contribution is 5.91. The molecule has 0 fully saturated rings. The molecule has 1 rings (SSSR count). The minimum atomic E-state index is -0.773. The Morgan fingerprint density at radius 2 is 2.19 bits per heavy atom. The number of hydrogen-bond donors (Lipinski definition) is 3. The molecule has 0 aliphatic carbocycles. The lowest BCUT2D eigenvalue weighted by Gasteiger charge is -2.17. The van der Waals surface area contributed by atoms with Gasteiger partial charge in [0.15, 0.2) is 11.6 Å². The molecule has 5 heteroatoms. The second-order valence-electron chi connectivity index (χ2n) is 4.38. The zero-order valence-electron chi connectivity index (χ0n) is 9.25. The van der Waals surface area contributed by atoms with Crippen molar-refractivity contribution in [1.29, 1.82) is 0 Å². The van der Waals surface area contributed by atoms with E-state index < -0.39 is 17.1 Å². The SMILES string of the molecule is CC(C)(N)CC(=O)Nc1ccc(O)c(F)c1. The summed E-state index contributed by atoms with van der Waals surface area (Å²) in [4.78, 5) is 11.4. The summed E-state index contributed by atoms with van der Waals surface area (Å²) in [7, 11) is 0. The molecule has 0 saturated carbocycles. The van der Waals surface area contributed by atoms with E-state index in [1.165, 1.54) is 12.1 Å². The molecular formula is C11H15FN2O2. The van der Waals surface area contributed by atoms with Crippen LogP contribution in [0.1, 0.15) is 20.3 Å². The summed E-state index contributed by atoms with van der Waals surface area (Å²) < 4.78 is 12.9. The van der Waals surface area contributed by atoms with E-state index in [1.54, 1.807) is 13.8 Å². The third kappa shape index (κ3) is 3.86. The molecule has 0 aliphatic rings. The third-order valence-corrected chi connectivity index (χ3v) is 1.85. The summed E-state index contributed by atoms with van der Waals surface area (Å²) in [6.07, 6.45) is 0.134. The quantitative estimate of drug-likeness (QED) is 0.685. The standard InChI is InChI=1S/C11H15FN2O2/c1-11(2,13)6-10(16)14-7-3-4-9(15)8(12)5-7/h3-5,15H,6,13H2,1-2H3,(H,14,16). The van der Waals surface area contributed by atoms with Gasteiger partial charge in [-0.2, -0.15) is 0 Å². The molecule has 1 aromatic rings. The number of benzene rings is 1. The average molecular weight is 226 g/mol. The van der Waals surface area contributed by atoms with Crippen molar-refractivity contribution < 1.29 is 14.3 Å². The van der Waals surface area contributed by atoms with Crippen molar-refractivity contribution >= 4 is 11.6 Å². The van der Waals surface area contributed by atoms with Gasteiger partial charge in [-0.1, -0.05) is 0 Å². The molecule has 0 radical (unpaired) electrons. The van der Waals surface area contributed by atoms with Crippen LogP contribution in [0.3, 0.4) is 0 Å². The van der Waals surface area contributed by atoms with Gasteiger partial charge in [0.05, 0.1) is 0 Å². The molecule has 0 bridgehead atoms. The summed E-state index contributed by atoms with van der Waals surface area (Å²) in [5.74, 6) is -1.51. The van der Waals surface area contributed by atoms with Crippen LogP contribution in [0.2, 0.25) is 0 Å². The van der Waals surface area contributed by atoms with Crippen molar-refractivity contribution in [3.05, 3.63) is 24.0 Å². The van der Waals surface area contributed by atoms with Gasteiger partial charge in [-0.25, -0.2) is 4.39 Å².